The molecule has 1 amide bonds. The highest BCUT2D eigenvalue weighted by atomic mass is 16.6. The van der Waals surface area contributed by atoms with Crippen molar-refractivity contribution < 1.29 is 19.0 Å². The average Bonchev–Trinajstić information content (AvgIpc) is 2.68. The van der Waals surface area contributed by atoms with Crippen LogP contribution in [0.2, 0.25) is 0 Å². The Morgan fingerprint density at radius 1 is 1.28 bits per heavy atom. The maximum atomic E-state index is 12.6. The molecule has 2 aromatic rings. The van der Waals surface area contributed by atoms with Crippen molar-refractivity contribution in [2.75, 3.05) is 33.4 Å². The first-order valence-electron chi connectivity index (χ1n) is 8.13. The summed E-state index contributed by atoms with van der Waals surface area (Å²) in [4.78, 5) is 18.3. The quantitative estimate of drug-likeness (QED) is 0.894. The fourth-order valence-electron chi connectivity index (χ4n) is 2.63. The molecule has 3 rings (SSSR count). The lowest BCUT2D eigenvalue weighted by atomic mass is 10.2. The minimum absolute atomic E-state index is 0.129. The lowest BCUT2D eigenvalue weighted by Crippen LogP contribution is -2.56. The first-order chi connectivity index (χ1) is 12.3. The summed E-state index contributed by atoms with van der Waals surface area (Å²) in [5.74, 6) is 1.60. The van der Waals surface area contributed by atoms with E-state index in [1.165, 1.54) is 0 Å². The van der Waals surface area contributed by atoms with E-state index in [9.17, 15) is 4.79 Å². The molecule has 0 saturated carbocycles. The first kappa shape index (κ1) is 17.0. The summed E-state index contributed by atoms with van der Waals surface area (Å²) in [5, 5.41) is 3.27. The molecule has 1 aromatic carbocycles. The Hall–Kier alpha value is -2.80. The fraction of sp³-hybridized carbons (Fsp3) is 0.333. The minimum Gasteiger partial charge on any atom is -0.493 e. The second kappa shape index (κ2) is 8.34. The summed E-state index contributed by atoms with van der Waals surface area (Å²) in [7, 11) is 1.54. The van der Waals surface area contributed by atoms with E-state index in [-0.39, 0.29) is 6.04 Å². The number of hydrogen-bond acceptors (Lipinski definition) is 6. The summed E-state index contributed by atoms with van der Waals surface area (Å²) in [6, 6.07) is 10.6. The molecule has 1 fully saturated rings. The van der Waals surface area contributed by atoms with Crippen LogP contribution >= 0.6 is 0 Å². The van der Waals surface area contributed by atoms with Gasteiger partial charge in [0.15, 0.2) is 11.5 Å². The Morgan fingerprint density at radius 2 is 2.12 bits per heavy atom. The van der Waals surface area contributed by atoms with Crippen molar-refractivity contribution >= 4 is 6.09 Å². The van der Waals surface area contributed by atoms with Gasteiger partial charge in [0.2, 0.25) is 0 Å². The molecular formula is C18H21N3O4. The molecule has 0 spiro atoms. The van der Waals surface area contributed by atoms with Gasteiger partial charge in [0.1, 0.15) is 12.4 Å². The molecule has 0 radical (unpaired) electrons. The number of para-hydroxylation sites is 2. The first-order valence-corrected chi connectivity index (χ1v) is 8.13. The summed E-state index contributed by atoms with van der Waals surface area (Å²) in [5.41, 5.74) is 0. The monoisotopic (exact) mass is 343 g/mol. The van der Waals surface area contributed by atoms with Gasteiger partial charge in [-0.1, -0.05) is 12.1 Å². The average molecular weight is 343 g/mol. The van der Waals surface area contributed by atoms with Gasteiger partial charge < -0.3 is 19.5 Å². The largest absolute Gasteiger partial charge is 0.493 e. The molecule has 25 heavy (non-hydrogen) atoms. The Bertz CT molecular complexity index is 696. The van der Waals surface area contributed by atoms with Crippen LogP contribution in [0.4, 0.5) is 4.79 Å². The number of pyridine rings is 1. The van der Waals surface area contributed by atoms with Crippen molar-refractivity contribution in [3.8, 4) is 17.2 Å². The molecule has 7 nitrogen and oxygen atoms in total. The topological polar surface area (TPSA) is 72.9 Å². The molecule has 1 aliphatic rings. The predicted molar refractivity (Wildman–Crippen MR) is 92.1 cm³/mol. The smallest absolute Gasteiger partial charge is 0.415 e. The van der Waals surface area contributed by atoms with Gasteiger partial charge in [-0.2, -0.15) is 0 Å². The zero-order chi connectivity index (χ0) is 17.5. The van der Waals surface area contributed by atoms with Gasteiger partial charge in [-0.15, -0.1) is 0 Å². The van der Waals surface area contributed by atoms with E-state index < -0.39 is 6.09 Å². The molecule has 1 aromatic heterocycles. The maximum Gasteiger partial charge on any atom is 0.415 e. The molecule has 1 saturated heterocycles. The molecule has 7 heteroatoms. The number of carbonyl (C=O) groups is 1. The molecular weight excluding hydrogens is 322 g/mol. The normalized spacial score (nSPS) is 17.0. The van der Waals surface area contributed by atoms with Crippen LogP contribution in [0, 0.1) is 0 Å². The van der Waals surface area contributed by atoms with Crippen LogP contribution in [0.5, 0.6) is 17.2 Å². The van der Waals surface area contributed by atoms with Crippen molar-refractivity contribution in [2.45, 2.75) is 6.04 Å². The Morgan fingerprint density at radius 3 is 2.88 bits per heavy atom. The van der Waals surface area contributed by atoms with Crippen molar-refractivity contribution in [3.63, 3.8) is 0 Å². The molecule has 0 bridgehead atoms. The number of carbonyl (C=O) groups excluding carboxylic acids is 1. The third kappa shape index (κ3) is 4.39. The van der Waals surface area contributed by atoms with E-state index in [0.29, 0.717) is 43.5 Å². The fourth-order valence-corrected chi connectivity index (χ4v) is 2.63. The van der Waals surface area contributed by atoms with E-state index in [1.54, 1.807) is 42.6 Å². The molecule has 1 atom stereocenters. The summed E-state index contributed by atoms with van der Waals surface area (Å²) in [6.07, 6.45) is 2.92. The van der Waals surface area contributed by atoms with E-state index in [2.05, 4.69) is 10.3 Å². The van der Waals surface area contributed by atoms with E-state index in [1.807, 2.05) is 18.2 Å². The van der Waals surface area contributed by atoms with Gasteiger partial charge in [-0.05, 0) is 24.3 Å². The van der Waals surface area contributed by atoms with Crippen LogP contribution in [0.25, 0.3) is 0 Å². The standard InChI is InChI=1S/C18H21N3O4/c1-23-16-6-2-3-7-17(16)25-18(22)21-10-9-20-11-14(21)13-24-15-5-4-8-19-12-15/h2-8,12,14,20H,9-11,13H2,1H3. The second-order valence-corrected chi connectivity index (χ2v) is 5.57. The lowest BCUT2D eigenvalue weighted by molar-refractivity contribution is 0.0945. The van der Waals surface area contributed by atoms with Gasteiger partial charge in [0.05, 0.1) is 19.3 Å². The van der Waals surface area contributed by atoms with Crippen LogP contribution in [0.15, 0.2) is 48.8 Å². The summed E-state index contributed by atoms with van der Waals surface area (Å²) >= 11 is 0. The van der Waals surface area contributed by atoms with Crippen LogP contribution in [0.3, 0.4) is 0 Å². The SMILES string of the molecule is COc1ccccc1OC(=O)N1CCNCC1COc1cccnc1. The second-order valence-electron chi connectivity index (χ2n) is 5.57. The molecule has 2 heterocycles. The zero-order valence-corrected chi connectivity index (χ0v) is 14.1. The Kier molecular flexibility index (Phi) is 5.69. The highest BCUT2D eigenvalue weighted by molar-refractivity contribution is 5.72. The number of aromatic nitrogens is 1. The Balaban J connectivity index is 1.64. The van der Waals surface area contributed by atoms with E-state index >= 15 is 0 Å². The van der Waals surface area contributed by atoms with Crippen molar-refractivity contribution in [2.24, 2.45) is 0 Å². The number of amides is 1. The highest BCUT2D eigenvalue weighted by Gasteiger charge is 2.29. The van der Waals surface area contributed by atoms with Crippen molar-refractivity contribution in [1.82, 2.24) is 15.2 Å². The van der Waals surface area contributed by atoms with Crippen molar-refractivity contribution in [3.05, 3.63) is 48.8 Å². The van der Waals surface area contributed by atoms with Crippen LogP contribution in [0.1, 0.15) is 0 Å². The van der Waals surface area contributed by atoms with Gasteiger partial charge >= 0.3 is 6.09 Å². The molecule has 1 N–H and O–H groups in total. The molecule has 1 unspecified atom stereocenters. The van der Waals surface area contributed by atoms with Crippen LogP contribution < -0.4 is 19.5 Å². The lowest BCUT2D eigenvalue weighted by Gasteiger charge is -2.35. The number of nitrogens with zero attached hydrogens (tertiary/aromatic N) is 2. The number of methoxy groups -OCH3 is 1. The van der Waals surface area contributed by atoms with E-state index in [4.69, 9.17) is 14.2 Å². The number of ether oxygens (including phenoxy) is 3. The Labute approximate surface area is 146 Å². The number of nitrogens with one attached hydrogen (secondary N) is 1. The summed E-state index contributed by atoms with van der Waals surface area (Å²) in [6.45, 7) is 2.26. The highest BCUT2D eigenvalue weighted by Crippen LogP contribution is 2.26. The van der Waals surface area contributed by atoms with Gasteiger partial charge in [-0.25, -0.2) is 4.79 Å². The third-order valence-corrected chi connectivity index (χ3v) is 3.93. The number of rotatable bonds is 5. The molecule has 0 aliphatic carbocycles. The number of benzene rings is 1. The predicted octanol–water partition coefficient (Wildman–Crippen LogP) is 1.94. The maximum absolute atomic E-state index is 12.6. The van der Waals surface area contributed by atoms with Crippen LogP contribution in [-0.2, 0) is 0 Å². The van der Waals surface area contributed by atoms with Crippen LogP contribution in [-0.4, -0.2) is 55.4 Å². The zero-order valence-electron chi connectivity index (χ0n) is 14.1. The van der Waals surface area contributed by atoms with Gasteiger partial charge in [0.25, 0.3) is 0 Å². The number of piperazine rings is 1. The molecule has 1 aliphatic heterocycles. The van der Waals surface area contributed by atoms with Crippen molar-refractivity contribution in [1.29, 1.82) is 0 Å². The van der Waals surface area contributed by atoms with Gasteiger partial charge in [0, 0.05) is 25.8 Å². The summed E-state index contributed by atoms with van der Waals surface area (Å²) < 4.78 is 16.5. The van der Waals surface area contributed by atoms with Gasteiger partial charge in [-0.3, -0.25) is 9.88 Å². The van der Waals surface area contributed by atoms with E-state index in [0.717, 1.165) is 0 Å². The minimum atomic E-state index is -0.411. The third-order valence-electron chi connectivity index (χ3n) is 3.93. The molecule has 132 valence electrons. The number of hydrogen-bond donors (Lipinski definition) is 1.